The molecule has 0 radical (unpaired) electrons. The van der Waals surface area contributed by atoms with Crippen molar-refractivity contribution < 1.29 is 0 Å². The van der Waals surface area contributed by atoms with Crippen molar-refractivity contribution in [1.82, 2.24) is 15.8 Å². The van der Waals surface area contributed by atoms with Crippen LogP contribution in [0.15, 0.2) is 24.5 Å². The summed E-state index contributed by atoms with van der Waals surface area (Å²) in [5, 5.41) is 0. The molecule has 4 atom stereocenters. The van der Waals surface area contributed by atoms with Crippen LogP contribution in [-0.4, -0.2) is 11.0 Å². The summed E-state index contributed by atoms with van der Waals surface area (Å²) >= 11 is 0. The van der Waals surface area contributed by atoms with Crippen molar-refractivity contribution in [3.8, 4) is 0 Å². The van der Waals surface area contributed by atoms with Crippen LogP contribution in [0.5, 0.6) is 0 Å². The summed E-state index contributed by atoms with van der Waals surface area (Å²) in [6.07, 6.45) is 7.85. The fraction of sp³-hybridized carbons (Fsp3) is 0.615. The number of aromatic nitrogens is 1. The van der Waals surface area contributed by atoms with Crippen LogP contribution in [0.3, 0.4) is 0 Å². The first-order valence-electron chi connectivity index (χ1n) is 6.27. The quantitative estimate of drug-likeness (QED) is 0.756. The smallest absolute Gasteiger partial charge is 0.0523 e. The van der Waals surface area contributed by atoms with Crippen molar-refractivity contribution in [1.29, 1.82) is 0 Å². The number of nitrogens with one attached hydrogen (secondary N) is 2. The van der Waals surface area contributed by atoms with Crippen LogP contribution in [0.4, 0.5) is 0 Å². The average molecular weight is 217 g/mol. The van der Waals surface area contributed by atoms with E-state index in [-0.39, 0.29) is 0 Å². The molecule has 0 spiro atoms. The summed E-state index contributed by atoms with van der Waals surface area (Å²) in [7, 11) is 0. The zero-order valence-corrected chi connectivity index (χ0v) is 9.69. The summed E-state index contributed by atoms with van der Waals surface area (Å²) in [5.74, 6) is 1.52. The number of nitrogens with zero attached hydrogens (tertiary/aromatic N) is 1. The van der Waals surface area contributed by atoms with E-state index in [0.29, 0.717) is 12.1 Å². The minimum absolute atomic E-state index is 0.439. The maximum absolute atomic E-state index is 4.22. The van der Waals surface area contributed by atoms with E-state index in [4.69, 9.17) is 0 Å². The molecule has 3 heteroatoms. The topological polar surface area (TPSA) is 37.0 Å². The molecule has 1 aliphatic heterocycles. The predicted octanol–water partition coefficient (Wildman–Crippen LogP) is 2.04. The largest absolute Gasteiger partial charge is 0.264 e. The van der Waals surface area contributed by atoms with Crippen molar-refractivity contribution in [3.05, 3.63) is 30.1 Å². The minimum atomic E-state index is 0.439. The summed E-state index contributed by atoms with van der Waals surface area (Å²) < 4.78 is 0. The molecule has 2 aliphatic rings. The fourth-order valence-electron chi connectivity index (χ4n) is 3.33. The zero-order valence-electron chi connectivity index (χ0n) is 9.69. The molecule has 16 heavy (non-hydrogen) atoms. The third-order valence-electron chi connectivity index (χ3n) is 4.15. The Labute approximate surface area is 96.6 Å². The fourth-order valence-corrected chi connectivity index (χ4v) is 3.33. The van der Waals surface area contributed by atoms with E-state index in [9.17, 15) is 0 Å². The van der Waals surface area contributed by atoms with E-state index in [0.717, 1.165) is 11.8 Å². The van der Waals surface area contributed by atoms with Crippen LogP contribution in [0.25, 0.3) is 0 Å². The molecular formula is C13H19N3. The Morgan fingerprint density at radius 3 is 3.06 bits per heavy atom. The third kappa shape index (κ3) is 1.64. The molecule has 0 amide bonds. The Kier molecular flexibility index (Phi) is 2.65. The molecule has 2 heterocycles. The molecule has 1 aromatic rings. The second-order valence-electron chi connectivity index (χ2n) is 5.14. The Balaban J connectivity index is 1.86. The van der Waals surface area contributed by atoms with E-state index >= 15 is 0 Å². The van der Waals surface area contributed by atoms with Crippen molar-refractivity contribution in [2.45, 2.75) is 38.3 Å². The molecule has 2 fully saturated rings. The Morgan fingerprint density at radius 1 is 1.31 bits per heavy atom. The van der Waals surface area contributed by atoms with Gasteiger partial charge in [-0.15, -0.1) is 0 Å². The zero-order chi connectivity index (χ0) is 11.0. The van der Waals surface area contributed by atoms with Gasteiger partial charge in [-0.3, -0.25) is 10.4 Å². The summed E-state index contributed by atoms with van der Waals surface area (Å²) in [6.45, 7) is 2.38. The number of hydrogen-bond acceptors (Lipinski definition) is 3. The van der Waals surface area contributed by atoms with Gasteiger partial charge in [0.2, 0.25) is 0 Å². The van der Waals surface area contributed by atoms with Crippen LogP contribution in [0.2, 0.25) is 0 Å². The maximum Gasteiger partial charge on any atom is 0.0523 e. The number of hydrogen-bond donors (Lipinski definition) is 2. The molecular weight excluding hydrogens is 198 g/mol. The maximum atomic E-state index is 4.22. The van der Waals surface area contributed by atoms with Gasteiger partial charge in [0.1, 0.15) is 0 Å². The van der Waals surface area contributed by atoms with Gasteiger partial charge < -0.3 is 0 Å². The highest BCUT2D eigenvalue weighted by Gasteiger charge is 2.41. The SMILES string of the molecule is CC1CCCC2NNC(c3cccnc3)C12. The summed E-state index contributed by atoms with van der Waals surface area (Å²) in [4.78, 5) is 4.22. The second-order valence-corrected chi connectivity index (χ2v) is 5.14. The Morgan fingerprint density at radius 2 is 2.25 bits per heavy atom. The van der Waals surface area contributed by atoms with Gasteiger partial charge >= 0.3 is 0 Å². The van der Waals surface area contributed by atoms with Gasteiger partial charge in [-0.1, -0.05) is 25.8 Å². The molecule has 86 valence electrons. The van der Waals surface area contributed by atoms with Crippen LogP contribution in [0.1, 0.15) is 37.8 Å². The third-order valence-corrected chi connectivity index (χ3v) is 4.15. The van der Waals surface area contributed by atoms with Gasteiger partial charge in [-0.05, 0) is 29.9 Å². The van der Waals surface area contributed by atoms with Crippen LogP contribution < -0.4 is 10.9 Å². The molecule has 0 bridgehead atoms. The highest BCUT2D eigenvalue weighted by atomic mass is 15.4. The normalized spacial score (nSPS) is 38.3. The first kappa shape index (κ1) is 10.2. The van der Waals surface area contributed by atoms with Gasteiger partial charge in [0.05, 0.1) is 6.04 Å². The average Bonchev–Trinajstić information content (AvgIpc) is 2.75. The first-order chi connectivity index (χ1) is 7.86. The molecule has 2 N–H and O–H groups in total. The lowest BCUT2D eigenvalue weighted by molar-refractivity contribution is 0.219. The van der Waals surface area contributed by atoms with Gasteiger partial charge in [-0.2, -0.15) is 0 Å². The highest BCUT2D eigenvalue weighted by molar-refractivity contribution is 5.18. The van der Waals surface area contributed by atoms with E-state index in [1.807, 2.05) is 18.5 Å². The number of fused-ring (bicyclic) bond motifs is 1. The number of pyridine rings is 1. The molecule has 1 aliphatic carbocycles. The predicted molar refractivity (Wildman–Crippen MR) is 63.5 cm³/mol. The second kappa shape index (κ2) is 4.15. The van der Waals surface area contributed by atoms with Gasteiger partial charge in [0.25, 0.3) is 0 Å². The highest BCUT2D eigenvalue weighted by Crippen LogP contribution is 2.41. The molecule has 1 aromatic heterocycles. The summed E-state index contributed by atoms with van der Waals surface area (Å²) in [5.41, 5.74) is 8.23. The van der Waals surface area contributed by atoms with E-state index in [1.54, 1.807) is 0 Å². The van der Waals surface area contributed by atoms with E-state index < -0.39 is 0 Å². The van der Waals surface area contributed by atoms with Crippen molar-refractivity contribution in [3.63, 3.8) is 0 Å². The van der Waals surface area contributed by atoms with Crippen molar-refractivity contribution in [2.75, 3.05) is 0 Å². The van der Waals surface area contributed by atoms with Crippen LogP contribution >= 0.6 is 0 Å². The molecule has 4 unspecified atom stereocenters. The monoisotopic (exact) mass is 217 g/mol. The lowest BCUT2D eigenvalue weighted by Gasteiger charge is -2.33. The number of hydrazine groups is 1. The van der Waals surface area contributed by atoms with E-state index in [1.165, 1.54) is 24.8 Å². The lowest BCUT2D eigenvalue weighted by Crippen LogP contribution is -2.35. The lowest BCUT2D eigenvalue weighted by atomic mass is 9.73. The molecule has 0 aromatic carbocycles. The standard InChI is InChI=1S/C13H19N3/c1-9-4-2-6-11-12(9)13(16-15-11)10-5-3-7-14-8-10/h3,5,7-9,11-13,15-16H,2,4,6H2,1H3. The summed E-state index contributed by atoms with van der Waals surface area (Å²) in [6, 6.07) is 5.29. The minimum Gasteiger partial charge on any atom is -0.264 e. The van der Waals surface area contributed by atoms with Crippen molar-refractivity contribution >= 4 is 0 Å². The van der Waals surface area contributed by atoms with Crippen molar-refractivity contribution in [2.24, 2.45) is 11.8 Å². The van der Waals surface area contributed by atoms with Crippen LogP contribution in [0, 0.1) is 11.8 Å². The van der Waals surface area contributed by atoms with Gasteiger partial charge in [0.15, 0.2) is 0 Å². The molecule has 3 rings (SSSR count). The van der Waals surface area contributed by atoms with Gasteiger partial charge in [-0.25, -0.2) is 5.43 Å². The molecule has 1 saturated heterocycles. The van der Waals surface area contributed by atoms with Crippen LogP contribution in [-0.2, 0) is 0 Å². The van der Waals surface area contributed by atoms with E-state index in [2.05, 4.69) is 28.8 Å². The number of rotatable bonds is 1. The first-order valence-corrected chi connectivity index (χ1v) is 6.27. The Bertz CT molecular complexity index is 351. The molecule has 1 saturated carbocycles. The van der Waals surface area contributed by atoms with Gasteiger partial charge in [0, 0.05) is 18.4 Å². The Hall–Kier alpha value is -0.930. The molecule has 3 nitrogen and oxygen atoms in total.